The van der Waals surface area contributed by atoms with E-state index in [2.05, 4.69) is 10.4 Å². The van der Waals surface area contributed by atoms with Gasteiger partial charge in [-0.05, 0) is 18.9 Å². The van der Waals surface area contributed by atoms with Crippen molar-refractivity contribution in [2.45, 2.75) is 25.9 Å². The average molecular weight is 254 g/mol. The molecular formula is C11H16N3O4+. The minimum absolute atomic E-state index is 0.0464. The summed E-state index contributed by atoms with van der Waals surface area (Å²) in [6.45, 7) is 3.09. The molecule has 0 bridgehead atoms. The largest absolute Gasteiger partial charge is 0.480 e. The van der Waals surface area contributed by atoms with Crippen molar-refractivity contribution < 1.29 is 24.5 Å². The maximum atomic E-state index is 11.8. The first-order chi connectivity index (χ1) is 8.36. The van der Waals surface area contributed by atoms with Gasteiger partial charge in [0.15, 0.2) is 12.7 Å². The summed E-state index contributed by atoms with van der Waals surface area (Å²) in [7, 11) is 0. The first-order valence-electron chi connectivity index (χ1n) is 5.39. The zero-order valence-electron chi connectivity index (χ0n) is 10.3. The minimum Gasteiger partial charge on any atom is -0.480 e. The number of amides is 1. The van der Waals surface area contributed by atoms with Crippen molar-refractivity contribution in [1.82, 2.24) is 10.4 Å². The number of aliphatic hydroxyl groups excluding tert-OH is 1. The fraction of sp³-hybridized carbons (Fsp3) is 0.455. The second-order valence-corrected chi connectivity index (χ2v) is 4.29. The van der Waals surface area contributed by atoms with Gasteiger partial charge >= 0.3 is 5.97 Å². The summed E-state index contributed by atoms with van der Waals surface area (Å²) in [5.74, 6) is -1.62. The Hall–Kier alpha value is -2.02. The summed E-state index contributed by atoms with van der Waals surface area (Å²) in [6.07, 6.45) is 2.86. The molecule has 1 heterocycles. The van der Waals surface area contributed by atoms with Crippen molar-refractivity contribution in [2.75, 3.05) is 6.61 Å². The van der Waals surface area contributed by atoms with Crippen LogP contribution in [0.25, 0.3) is 0 Å². The lowest BCUT2D eigenvalue weighted by atomic mass is 10.1. The van der Waals surface area contributed by atoms with E-state index in [0.717, 1.165) is 0 Å². The SMILES string of the molecule is CC(C)(NC(=O)c1cc[n+](CCO)nc1)C(=O)O. The molecular weight excluding hydrogens is 238 g/mol. The lowest BCUT2D eigenvalue weighted by Crippen LogP contribution is -2.50. The zero-order valence-corrected chi connectivity index (χ0v) is 10.3. The fourth-order valence-electron chi connectivity index (χ4n) is 1.16. The Bertz CT molecular complexity index is 442. The number of aliphatic hydroxyl groups is 1. The maximum Gasteiger partial charge on any atom is 0.328 e. The van der Waals surface area contributed by atoms with Crippen molar-refractivity contribution in [3.8, 4) is 0 Å². The molecule has 3 N–H and O–H groups in total. The molecule has 0 aromatic carbocycles. The average Bonchev–Trinajstić information content (AvgIpc) is 2.29. The van der Waals surface area contributed by atoms with Gasteiger partial charge in [-0.1, -0.05) is 4.68 Å². The normalized spacial score (nSPS) is 11.1. The summed E-state index contributed by atoms with van der Waals surface area (Å²) < 4.78 is 1.47. The van der Waals surface area contributed by atoms with Gasteiger partial charge in [-0.2, -0.15) is 0 Å². The van der Waals surface area contributed by atoms with Crippen LogP contribution in [0.4, 0.5) is 0 Å². The van der Waals surface area contributed by atoms with E-state index in [1.54, 1.807) is 6.20 Å². The highest BCUT2D eigenvalue weighted by atomic mass is 16.4. The maximum absolute atomic E-state index is 11.8. The van der Waals surface area contributed by atoms with Gasteiger partial charge < -0.3 is 15.5 Å². The molecule has 0 atom stereocenters. The van der Waals surface area contributed by atoms with Crippen molar-refractivity contribution in [3.63, 3.8) is 0 Å². The number of nitrogens with one attached hydrogen (secondary N) is 1. The van der Waals surface area contributed by atoms with Crippen LogP contribution >= 0.6 is 0 Å². The highest BCUT2D eigenvalue weighted by Crippen LogP contribution is 2.04. The number of carbonyl (C=O) groups excluding carboxylic acids is 1. The highest BCUT2D eigenvalue weighted by Gasteiger charge is 2.29. The summed E-state index contributed by atoms with van der Waals surface area (Å²) in [6, 6.07) is 1.51. The Morgan fingerprint density at radius 3 is 2.61 bits per heavy atom. The molecule has 0 unspecified atom stereocenters. The van der Waals surface area contributed by atoms with Gasteiger partial charge in [0.05, 0.1) is 5.56 Å². The zero-order chi connectivity index (χ0) is 13.8. The van der Waals surface area contributed by atoms with Crippen molar-refractivity contribution in [3.05, 3.63) is 24.0 Å². The quantitative estimate of drug-likeness (QED) is 0.582. The summed E-state index contributed by atoms with van der Waals surface area (Å²) in [5.41, 5.74) is -1.08. The Balaban J connectivity index is 2.76. The van der Waals surface area contributed by atoms with Gasteiger partial charge in [0.2, 0.25) is 0 Å². The number of carboxylic acid groups (broad SMARTS) is 1. The third-order valence-corrected chi connectivity index (χ3v) is 2.32. The lowest BCUT2D eigenvalue weighted by Gasteiger charge is -2.20. The van der Waals surface area contributed by atoms with Crippen molar-refractivity contribution >= 4 is 11.9 Å². The topological polar surface area (TPSA) is 103 Å². The number of rotatable bonds is 5. The highest BCUT2D eigenvalue weighted by molar-refractivity contribution is 5.97. The monoisotopic (exact) mass is 254 g/mol. The molecule has 0 aliphatic rings. The van der Waals surface area contributed by atoms with Crippen LogP contribution in [-0.4, -0.2) is 39.3 Å². The Morgan fingerprint density at radius 1 is 1.50 bits per heavy atom. The fourth-order valence-corrected chi connectivity index (χ4v) is 1.16. The molecule has 0 saturated heterocycles. The Morgan fingerprint density at radius 2 is 2.17 bits per heavy atom. The number of hydrogen-bond acceptors (Lipinski definition) is 4. The molecule has 1 aromatic rings. The predicted octanol–water partition coefficient (Wildman–Crippen LogP) is -1.05. The number of nitrogens with zero attached hydrogens (tertiary/aromatic N) is 2. The summed E-state index contributed by atoms with van der Waals surface area (Å²) in [5, 5.41) is 23.9. The van der Waals surface area contributed by atoms with Crippen LogP contribution in [0.5, 0.6) is 0 Å². The van der Waals surface area contributed by atoms with E-state index in [4.69, 9.17) is 10.2 Å². The third kappa shape index (κ3) is 3.49. The molecule has 0 fully saturated rings. The van der Waals surface area contributed by atoms with Gasteiger partial charge in [0.25, 0.3) is 5.91 Å². The van der Waals surface area contributed by atoms with Crippen LogP contribution in [0.3, 0.4) is 0 Å². The Kier molecular flexibility index (Phi) is 4.33. The van der Waals surface area contributed by atoms with Gasteiger partial charge in [-0.3, -0.25) is 4.79 Å². The second-order valence-electron chi connectivity index (χ2n) is 4.29. The molecule has 0 aliphatic carbocycles. The molecule has 7 nitrogen and oxygen atoms in total. The molecule has 0 radical (unpaired) electrons. The summed E-state index contributed by atoms with van der Waals surface area (Å²) >= 11 is 0. The molecule has 98 valence electrons. The molecule has 1 aromatic heterocycles. The van der Waals surface area contributed by atoms with E-state index in [9.17, 15) is 9.59 Å². The van der Waals surface area contributed by atoms with E-state index in [-0.39, 0.29) is 12.2 Å². The first-order valence-corrected chi connectivity index (χ1v) is 5.39. The smallest absolute Gasteiger partial charge is 0.328 e. The van der Waals surface area contributed by atoms with Crippen LogP contribution in [0.2, 0.25) is 0 Å². The molecule has 1 rings (SSSR count). The second kappa shape index (κ2) is 5.54. The molecule has 0 saturated carbocycles. The van der Waals surface area contributed by atoms with Crippen LogP contribution < -0.4 is 10.00 Å². The number of hydrogen-bond donors (Lipinski definition) is 3. The molecule has 18 heavy (non-hydrogen) atoms. The van der Waals surface area contributed by atoms with Crippen LogP contribution in [0, 0.1) is 0 Å². The third-order valence-electron chi connectivity index (χ3n) is 2.32. The summed E-state index contributed by atoms with van der Waals surface area (Å²) in [4.78, 5) is 22.6. The van der Waals surface area contributed by atoms with E-state index < -0.39 is 17.4 Å². The van der Waals surface area contributed by atoms with E-state index >= 15 is 0 Å². The number of aliphatic carboxylic acids is 1. The van der Waals surface area contributed by atoms with Crippen molar-refractivity contribution in [2.24, 2.45) is 0 Å². The predicted molar refractivity (Wildman–Crippen MR) is 60.7 cm³/mol. The van der Waals surface area contributed by atoms with Crippen LogP contribution in [0.1, 0.15) is 24.2 Å². The standard InChI is InChI=1S/C11H15N3O4/c1-11(2,10(17)18)13-9(16)8-3-4-14(5-6-15)12-7-8/h3-4,7,15H,5-6H2,1-2H3,(H-,13,16,17,18)/p+1. The molecule has 0 spiro atoms. The first kappa shape index (κ1) is 14.0. The number of carboxylic acids is 1. The van der Waals surface area contributed by atoms with Crippen LogP contribution in [-0.2, 0) is 11.3 Å². The minimum atomic E-state index is -1.34. The van der Waals surface area contributed by atoms with Gasteiger partial charge in [0.1, 0.15) is 18.3 Å². The Labute approximate surface area is 104 Å². The van der Waals surface area contributed by atoms with Gasteiger partial charge in [-0.15, -0.1) is 0 Å². The van der Waals surface area contributed by atoms with Gasteiger partial charge in [-0.25, -0.2) is 4.79 Å². The number of carbonyl (C=O) groups is 2. The number of aromatic nitrogens is 2. The molecule has 1 amide bonds. The van der Waals surface area contributed by atoms with E-state index in [1.807, 2.05) is 0 Å². The van der Waals surface area contributed by atoms with E-state index in [1.165, 1.54) is 30.8 Å². The molecule has 0 aliphatic heterocycles. The van der Waals surface area contributed by atoms with Crippen LogP contribution in [0.15, 0.2) is 18.5 Å². The molecule has 7 heteroatoms. The van der Waals surface area contributed by atoms with E-state index in [0.29, 0.717) is 6.54 Å². The van der Waals surface area contributed by atoms with Crippen molar-refractivity contribution in [1.29, 1.82) is 0 Å². The lowest BCUT2D eigenvalue weighted by molar-refractivity contribution is -0.754. The van der Waals surface area contributed by atoms with Gasteiger partial charge in [0, 0.05) is 6.07 Å².